The summed E-state index contributed by atoms with van der Waals surface area (Å²) in [5.41, 5.74) is 2.35. The molecule has 0 radical (unpaired) electrons. The Morgan fingerprint density at radius 3 is 2.31 bits per heavy atom. The van der Waals surface area contributed by atoms with Gasteiger partial charge in [-0.25, -0.2) is 0 Å². The number of aliphatic hydroxyl groups is 1. The average molecular weight is 390 g/mol. The third-order valence-corrected chi connectivity index (χ3v) is 6.23. The molecular formula is C24H26N2O3. The minimum atomic E-state index is -0.464. The number of nitrogens with zero attached hydrogens (tertiary/aromatic N) is 2. The molecule has 2 aliphatic rings. The molecule has 0 bridgehead atoms. The van der Waals surface area contributed by atoms with Gasteiger partial charge < -0.3 is 14.9 Å². The zero-order chi connectivity index (χ0) is 20.6. The highest BCUT2D eigenvalue weighted by Gasteiger charge is 2.67. The molecule has 0 unspecified atom stereocenters. The predicted octanol–water partition coefficient (Wildman–Crippen LogP) is 2.92. The maximum atomic E-state index is 13.3. The molecule has 5 heteroatoms. The molecule has 0 aliphatic carbocycles. The molecule has 0 aromatic heterocycles. The Morgan fingerprint density at radius 2 is 1.76 bits per heavy atom. The first-order chi connectivity index (χ1) is 14.0. The van der Waals surface area contributed by atoms with Gasteiger partial charge in [0.05, 0.1) is 18.2 Å². The number of likely N-dealkylation sites (tertiary alicyclic amines) is 2. The fourth-order valence-electron chi connectivity index (χ4n) is 4.89. The van der Waals surface area contributed by atoms with E-state index < -0.39 is 5.54 Å². The molecule has 5 nitrogen and oxygen atoms in total. The fourth-order valence-corrected chi connectivity index (χ4v) is 4.89. The van der Waals surface area contributed by atoms with Crippen molar-refractivity contribution in [2.24, 2.45) is 0 Å². The third kappa shape index (κ3) is 3.06. The van der Waals surface area contributed by atoms with Crippen LogP contribution < -0.4 is 0 Å². The Kier molecular flexibility index (Phi) is 5.01. The van der Waals surface area contributed by atoms with Crippen LogP contribution in [0.3, 0.4) is 0 Å². The largest absolute Gasteiger partial charge is 0.394 e. The van der Waals surface area contributed by atoms with E-state index in [2.05, 4.69) is 24.3 Å². The van der Waals surface area contributed by atoms with Crippen LogP contribution in [0.4, 0.5) is 0 Å². The summed E-state index contributed by atoms with van der Waals surface area (Å²) in [6, 6.07) is 17.1. The van der Waals surface area contributed by atoms with Crippen molar-refractivity contribution in [3.8, 4) is 0 Å². The van der Waals surface area contributed by atoms with E-state index >= 15 is 0 Å². The van der Waals surface area contributed by atoms with Gasteiger partial charge in [0.15, 0.2) is 0 Å². The van der Waals surface area contributed by atoms with Crippen LogP contribution >= 0.6 is 0 Å². The van der Waals surface area contributed by atoms with Crippen molar-refractivity contribution in [1.29, 1.82) is 0 Å². The first kappa shape index (κ1) is 19.4. The van der Waals surface area contributed by atoms with Crippen molar-refractivity contribution in [2.75, 3.05) is 19.7 Å². The zero-order valence-corrected chi connectivity index (χ0v) is 16.8. The Morgan fingerprint density at radius 1 is 1.10 bits per heavy atom. The lowest BCUT2D eigenvalue weighted by Crippen LogP contribution is -2.85. The van der Waals surface area contributed by atoms with Crippen molar-refractivity contribution in [3.63, 3.8) is 0 Å². The lowest BCUT2D eigenvalue weighted by molar-refractivity contribution is -0.176. The number of carbonyl (C=O) groups excluding carboxylic acids is 2. The van der Waals surface area contributed by atoms with Crippen LogP contribution in [0.25, 0.3) is 6.08 Å². The first-order valence-electron chi connectivity index (χ1n) is 9.99. The monoisotopic (exact) mass is 390 g/mol. The minimum Gasteiger partial charge on any atom is -0.394 e. The Balaban J connectivity index is 1.69. The van der Waals surface area contributed by atoms with Crippen molar-refractivity contribution >= 4 is 17.9 Å². The summed E-state index contributed by atoms with van der Waals surface area (Å²) >= 11 is 0. The summed E-state index contributed by atoms with van der Waals surface area (Å²) in [7, 11) is 0. The van der Waals surface area contributed by atoms with Crippen molar-refractivity contribution in [2.45, 2.75) is 31.3 Å². The van der Waals surface area contributed by atoms with Crippen LogP contribution in [0.2, 0.25) is 0 Å². The van der Waals surface area contributed by atoms with Gasteiger partial charge in [-0.1, -0.05) is 54.6 Å². The smallest absolute Gasteiger partial charge is 0.254 e. The lowest BCUT2D eigenvalue weighted by atomic mass is 9.60. The predicted molar refractivity (Wildman–Crippen MR) is 112 cm³/mol. The Bertz CT molecular complexity index is 930. The van der Waals surface area contributed by atoms with Crippen LogP contribution in [0.15, 0.2) is 60.7 Å². The van der Waals surface area contributed by atoms with Gasteiger partial charge in [-0.15, -0.1) is 0 Å². The van der Waals surface area contributed by atoms with Crippen LogP contribution in [-0.2, 0) is 4.79 Å². The molecule has 1 N–H and O–H groups in total. The molecule has 2 atom stereocenters. The van der Waals surface area contributed by atoms with Crippen LogP contribution in [0.5, 0.6) is 0 Å². The molecule has 2 amide bonds. The molecule has 2 fully saturated rings. The molecule has 2 aromatic carbocycles. The second-order valence-corrected chi connectivity index (χ2v) is 7.91. The third-order valence-electron chi connectivity index (χ3n) is 6.23. The van der Waals surface area contributed by atoms with Crippen LogP contribution in [0, 0.1) is 0 Å². The summed E-state index contributed by atoms with van der Waals surface area (Å²) in [6.07, 6.45) is 4.03. The Hall–Kier alpha value is -2.92. The van der Waals surface area contributed by atoms with Gasteiger partial charge in [0.25, 0.3) is 5.91 Å². The number of amides is 2. The molecule has 1 spiro atoms. The van der Waals surface area contributed by atoms with E-state index in [4.69, 9.17) is 0 Å². The second kappa shape index (κ2) is 7.48. The quantitative estimate of drug-likeness (QED) is 0.873. The van der Waals surface area contributed by atoms with Crippen molar-refractivity contribution in [1.82, 2.24) is 9.80 Å². The molecule has 150 valence electrons. The summed E-state index contributed by atoms with van der Waals surface area (Å²) in [4.78, 5) is 28.8. The van der Waals surface area contributed by atoms with E-state index in [0.29, 0.717) is 18.7 Å². The standard InChI is InChI=1S/C24H26N2O3/c1-3-7-18-10-12-19(13-11-18)22-21(14-27)26(23(29)20-8-5-4-6-9-20)24(22)15-25(16-24)17(2)28/h3-13,21-22,27H,14-16H2,1-2H3/b7-3+/t21-,22-/m1/s1. The van der Waals surface area contributed by atoms with Crippen molar-refractivity contribution in [3.05, 3.63) is 77.4 Å². The molecule has 4 rings (SSSR count). The number of hydrogen-bond acceptors (Lipinski definition) is 3. The van der Waals surface area contributed by atoms with E-state index in [9.17, 15) is 14.7 Å². The second-order valence-electron chi connectivity index (χ2n) is 7.91. The maximum absolute atomic E-state index is 13.3. The number of aliphatic hydroxyl groups excluding tert-OH is 1. The van der Waals surface area contributed by atoms with E-state index in [0.717, 1.165) is 11.1 Å². The molecule has 0 saturated carbocycles. The van der Waals surface area contributed by atoms with E-state index in [1.807, 2.05) is 42.2 Å². The average Bonchev–Trinajstić information content (AvgIpc) is 2.68. The van der Waals surface area contributed by atoms with Gasteiger partial charge in [-0.2, -0.15) is 0 Å². The van der Waals surface area contributed by atoms with Gasteiger partial charge in [0.1, 0.15) is 0 Å². The van der Waals surface area contributed by atoms with E-state index in [-0.39, 0.29) is 30.4 Å². The summed E-state index contributed by atoms with van der Waals surface area (Å²) < 4.78 is 0. The van der Waals surface area contributed by atoms with Gasteiger partial charge >= 0.3 is 0 Å². The molecule has 2 heterocycles. The number of allylic oxidation sites excluding steroid dienone is 1. The normalized spacial score (nSPS) is 22.4. The molecular weight excluding hydrogens is 364 g/mol. The Labute approximate surface area is 171 Å². The highest BCUT2D eigenvalue weighted by molar-refractivity contribution is 5.96. The molecule has 2 aliphatic heterocycles. The van der Waals surface area contributed by atoms with Gasteiger partial charge in [-0.05, 0) is 30.2 Å². The van der Waals surface area contributed by atoms with Gasteiger partial charge in [-0.3, -0.25) is 9.59 Å². The lowest BCUT2D eigenvalue weighted by Gasteiger charge is -2.70. The van der Waals surface area contributed by atoms with E-state index in [1.165, 1.54) is 0 Å². The zero-order valence-electron chi connectivity index (χ0n) is 16.8. The summed E-state index contributed by atoms with van der Waals surface area (Å²) in [5, 5.41) is 10.2. The van der Waals surface area contributed by atoms with Crippen LogP contribution in [0.1, 0.15) is 41.3 Å². The molecule has 29 heavy (non-hydrogen) atoms. The molecule has 2 saturated heterocycles. The van der Waals surface area contributed by atoms with Gasteiger partial charge in [0.2, 0.25) is 5.91 Å². The number of rotatable bonds is 4. The first-order valence-corrected chi connectivity index (χ1v) is 9.99. The van der Waals surface area contributed by atoms with Crippen molar-refractivity contribution < 1.29 is 14.7 Å². The topological polar surface area (TPSA) is 60.9 Å². The summed E-state index contributed by atoms with van der Waals surface area (Å²) in [5.74, 6) is -0.0811. The number of hydrogen-bond donors (Lipinski definition) is 1. The number of benzene rings is 2. The minimum absolute atomic E-state index is 0.00424. The fraction of sp³-hybridized carbons (Fsp3) is 0.333. The summed E-state index contributed by atoms with van der Waals surface area (Å²) in [6.45, 7) is 4.42. The van der Waals surface area contributed by atoms with Gasteiger partial charge in [0, 0.05) is 31.5 Å². The highest BCUT2D eigenvalue weighted by Crippen LogP contribution is 2.54. The maximum Gasteiger partial charge on any atom is 0.254 e. The van der Waals surface area contributed by atoms with Crippen LogP contribution in [-0.4, -0.2) is 58.0 Å². The number of carbonyl (C=O) groups is 2. The molecule has 2 aromatic rings. The SMILES string of the molecule is C/C=C/c1ccc([C@@H]2[C@@H](CO)N(C(=O)c3ccccc3)C23CN(C(C)=O)C3)cc1. The highest BCUT2D eigenvalue weighted by atomic mass is 16.3. The van der Waals surface area contributed by atoms with E-state index in [1.54, 1.807) is 24.0 Å².